The van der Waals surface area contributed by atoms with Crippen LogP contribution in [-0.4, -0.2) is 35.6 Å². The maximum absolute atomic E-state index is 12.1. The molecule has 0 aliphatic rings. The second-order valence-electron chi connectivity index (χ2n) is 4.44. The van der Waals surface area contributed by atoms with E-state index >= 15 is 0 Å². The molecule has 0 aliphatic heterocycles. The van der Waals surface area contributed by atoms with Crippen LogP contribution in [0.3, 0.4) is 0 Å². The van der Waals surface area contributed by atoms with Crippen LogP contribution in [0, 0.1) is 0 Å². The molecule has 106 valence electrons. The van der Waals surface area contributed by atoms with Crippen LogP contribution in [0.5, 0.6) is 0 Å². The van der Waals surface area contributed by atoms with Crippen LogP contribution in [0.2, 0.25) is 0 Å². The molecule has 3 aromatic heterocycles. The zero-order valence-electron chi connectivity index (χ0n) is 11.3. The number of rotatable bonds is 4. The fourth-order valence-electron chi connectivity index (χ4n) is 1.84. The first-order chi connectivity index (χ1) is 10.2. The highest BCUT2D eigenvalue weighted by molar-refractivity contribution is 5.94. The van der Waals surface area contributed by atoms with Crippen LogP contribution >= 0.6 is 0 Å². The number of aromatic amines is 1. The summed E-state index contributed by atoms with van der Waals surface area (Å²) in [5.41, 5.74) is 0.477. The van der Waals surface area contributed by atoms with E-state index in [9.17, 15) is 4.79 Å². The second-order valence-corrected chi connectivity index (χ2v) is 4.44. The van der Waals surface area contributed by atoms with E-state index in [-0.39, 0.29) is 11.9 Å². The lowest BCUT2D eigenvalue weighted by atomic mass is 10.2. The van der Waals surface area contributed by atoms with Crippen molar-refractivity contribution in [2.75, 3.05) is 0 Å². The van der Waals surface area contributed by atoms with E-state index in [4.69, 9.17) is 0 Å². The zero-order chi connectivity index (χ0) is 14.7. The standard InChI is InChI=1S/C13H13N7O/c1-9(12-16-7-17-19-12)18-13(21)10-2-3-11(15-6-10)20-5-4-14-8-20/h2-9H,1H3,(H,18,21)(H,16,17,19). The Kier molecular flexibility index (Phi) is 3.42. The molecule has 3 rings (SSSR count). The number of pyridine rings is 1. The van der Waals surface area contributed by atoms with Gasteiger partial charge < -0.3 is 5.32 Å². The molecule has 0 saturated heterocycles. The van der Waals surface area contributed by atoms with Crippen molar-refractivity contribution in [1.29, 1.82) is 0 Å². The van der Waals surface area contributed by atoms with Crippen molar-refractivity contribution in [1.82, 2.24) is 35.0 Å². The van der Waals surface area contributed by atoms with Crippen molar-refractivity contribution in [2.45, 2.75) is 13.0 Å². The van der Waals surface area contributed by atoms with Gasteiger partial charge in [-0.2, -0.15) is 5.10 Å². The summed E-state index contributed by atoms with van der Waals surface area (Å²) in [6.07, 6.45) is 8.03. The van der Waals surface area contributed by atoms with E-state index in [1.165, 1.54) is 12.5 Å². The average Bonchev–Trinajstić information content (AvgIpc) is 3.20. The van der Waals surface area contributed by atoms with Crippen molar-refractivity contribution in [2.24, 2.45) is 0 Å². The Morgan fingerprint density at radius 3 is 2.90 bits per heavy atom. The lowest BCUT2D eigenvalue weighted by Gasteiger charge is -2.11. The van der Waals surface area contributed by atoms with E-state index < -0.39 is 0 Å². The minimum atomic E-state index is -0.256. The average molecular weight is 283 g/mol. The molecule has 0 bridgehead atoms. The van der Waals surface area contributed by atoms with Crippen LogP contribution in [0.1, 0.15) is 29.1 Å². The molecule has 1 amide bonds. The van der Waals surface area contributed by atoms with Crippen molar-refractivity contribution in [3.05, 3.63) is 54.8 Å². The van der Waals surface area contributed by atoms with Gasteiger partial charge in [0.1, 0.15) is 24.3 Å². The molecule has 3 heterocycles. The van der Waals surface area contributed by atoms with Gasteiger partial charge in [0, 0.05) is 18.6 Å². The van der Waals surface area contributed by atoms with Gasteiger partial charge >= 0.3 is 0 Å². The normalized spacial score (nSPS) is 12.0. The molecule has 0 spiro atoms. The van der Waals surface area contributed by atoms with Crippen molar-refractivity contribution in [3.8, 4) is 5.82 Å². The number of hydrogen-bond donors (Lipinski definition) is 2. The number of amides is 1. The lowest BCUT2D eigenvalue weighted by Crippen LogP contribution is -2.27. The highest BCUT2D eigenvalue weighted by atomic mass is 16.1. The Bertz CT molecular complexity index is 704. The summed E-state index contributed by atoms with van der Waals surface area (Å²) in [5.74, 6) is 1.09. The number of nitrogens with zero attached hydrogens (tertiary/aromatic N) is 5. The topological polar surface area (TPSA) is 101 Å². The molecule has 3 aromatic rings. The first kappa shape index (κ1) is 13.0. The molecule has 1 unspecified atom stereocenters. The molecule has 0 aliphatic carbocycles. The number of H-pyrrole nitrogens is 1. The highest BCUT2D eigenvalue weighted by Crippen LogP contribution is 2.08. The van der Waals surface area contributed by atoms with Crippen LogP contribution in [-0.2, 0) is 0 Å². The van der Waals surface area contributed by atoms with Gasteiger partial charge in [0.15, 0.2) is 0 Å². The van der Waals surface area contributed by atoms with E-state index in [1.807, 2.05) is 6.92 Å². The predicted molar refractivity (Wildman–Crippen MR) is 73.6 cm³/mol. The summed E-state index contributed by atoms with van der Waals surface area (Å²) in [7, 11) is 0. The zero-order valence-corrected chi connectivity index (χ0v) is 11.3. The van der Waals surface area contributed by atoms with Gasteiger partial charge in [-0.1, -0.05) is 0 Å². The molecule has 0 saturated carbocycles. The molecule has 0 aromatic carbocycles. The van der Waals surface area contributed by atoms with Crippen LogP contribution in [0.15, 0.2) is 43.4 Å². The number of nitrogens with one attached hydrogen (secondary N) is 2. The summed E-state index contributed by atoms with van der Waals surface area (Å²) in [5, 5.41) is 9.30. The van der Waals surface area contributed by atoms with Crippen LogP contribution in [0.25, 0.3) is 5.82 Å². The molecular formula is C13H13N7O. The van der Waals surface area contributed by atoms with Gasteiger partial charge in [-0.25, -0.2) is 15.0 Å². The highest BCUT2D eigenvalue weighted by Gasteiger charge is 2.13. The predicted octanol–water partition coefficient (Wildman–Crippen LogP) is 0.876. The molecule has 2 N–H and O–H groups in total. The first-order valence-electron chi connectivity index (χ1n) is 6.34. The van der Waals surface area contributed by atoms with Crippen molar-refractivity contribution < 1.29 is 4.79 Å². The maximum atomic E-state index is 12.1. The van der Waals surface area contributed by atoms with Crippen LogP contribution in [0.4, 0.5) is 0 Å². The number of aromatic nitrogens is 6. The summed E-state index contributed by atoms with van der Waals surface area (Å²) in [6, 6.07) is 3.22. The van der Waals surface area contributed by atoms with Gasteiger partial charge in [-0.05, 0) is 19.1 Å². The van der Waals surface area contributed by atoms with E-state index in [2.05, 4.69) is 30.5 Å². The van der Waals surface area contributed by atoms with E-state index in [0.29, 0.717) is 17.2 Å². The molecule has 0 radical (unpaired) electrons. The Balaban J connectivity index is 1.70. The molecule has 0 fully saturated rings. The largest absolute Gasteiger partial charge is 0.342 e. The van der Waals surface area contributed by atoms with Gasteiger partial charge in [0.25, 0.3) is 5.91 Å². The quantitative estimate of drug-likeness (QED) is 0.740. The first-order valence-corrected chi connectivity index (χ1v) is 6.34. The van der Waals surface area contributed by atoms with E-state index in [0.717, 1.165) is 0 Å². The Morgan fingerprint density at radius 2 is 2.29 bits per heavy atom. The third-order valence-electron chi connectivity index (χ3n) is 2.97. The van der Waals surface area contributed by atoms with Crippen molar-refractivity contribution >= 4 is 5.91 Å². The lowest BCUT2D eigenvalue weighted by molar-refractivity contribution is 0.0938. The van der Waals surface area contributed by atoms with Crippen LogP contribution < -0.4 is 5.32 Å². The number of carbonyl (C=O) groups excluding carboxylic acids is 1. The number of hydrogen-bond acceptors (Lipinski definition) is 5. The summed E-state index contributed by atoms with van der Waals surface area (Å²) >= 11 is 0. The molecule has 8 nitrogen and oxygen atoms in total. The summed E-state index contributed by atoms with van der Waals surface area (Å²) in [6.45, 7) is 1.83. The molecule has 8 heteroatoms. The van der Waals surface area contributed by atoms with E-state index in [1.54, 1.807) is 35.4 Å². The Morgan fingerprint density at radius 1 is 1.38 bits per heavy atom. The maximum Gasteiger partial charge on any atom is 0.253 e. The number of carbonyl (C=O) groups is 1. The Hall–Kier alpha value is -3.03. The van der Waals surface area contributed by atoms with Gasteiger partial charge in [0.2, 0.25) is 0 Å². The third kappa shape index (κ3) is 2.78. The number of imidazole rings is 1. The monoisotopic (exact) mass is 283 g/mol. The summed E-state index contributed by atoms with van der Waals surface area (Å²) in [4.78, 5) is 24.3. The minimum Gasteiger partial charge on any atom is -0.342 e. The third-order valence-corrected chi connectivity index (χ3v) is 2.97. The fraction of sp³-hybridized carbons (Fsp3) is 0.154. The van der Waals surface area contributed by atoms with Crippen molar-refractivity contribution in [3.63, 3.8) is 0 Å². The minimum absolute atomic E-state index is 0.219. The fourth-order valence-corrected chi connectivity index (χ4v) is 1.84. The van der Waals surface area contributed by atoms with Gasteiger partial charge in [-0.15, -0.1) is 0 Å². The van der Waals surface area contributed by atoms with Gasteiger partial charge in [0.05, 0.1) is 11.6 Å². The molecule has 1 atom stereocenters. The SMILES string of the molecule is CC(NC(=O)c1ccc(-n2ccnc2)nc1)c1ncn[nH]1. The molecule has 21 heavy (non-hydrogen) atoms. The Labute approximate surface area is 120 Å². The summed E-state index contributed by atoms with van der Waals surface area (Å²) < 4.78 is 1.76. The smallest absolute Gasteiger partial charge is 0.253 e. The molecular weight excluding hydrogens is 270 g/mol. The van der Waals surface area contributed by atoms with Gasteiger partial charge in [-0.3, -0.25) is 14.5 Å². The second kappa shape index (κ2) is 5.53.